The Labute approximate surface area is 113 Å². The summed E-state index contributed by atoms with van der Waals surface area (Å²) in [6.07, 6.45) is -2.92. The van der Waals surface area contributed by atoms with E-state index >= 15 is 0 Å². The van der Waals surface area contributed by atoms with E-state index in [9.17, 15) is 10.2 Å². The predicted octanol–water partition coefficient (Wildman–Crippen LogP) is -1.67. The molecule has 9 heteroatoms. The van der Waals surface area contributed by atoms with Gasteiger partial charge in [0.25, 0.3) is 0 Å². The zero-order valence-electron chi connectivity index (χ0n) is 10.7. The molecule has 0 saturated carbocycles. The number of hydrogen-bond donors (Lipinski definition) is 4. The van der Waals surface area contributed by atoms with Crippen molar-refractivity contribution in [1.82, 2.24) is 19.7 Å². The van der Waals surface area contributed by atoms with E-state index in [0.717, 1.165) is 0 Å². The number of anilines is 1. The minimum absolute atomic E-state index is 0.283. The fraction of sp³-hybridized carbons (Fsp3) is 0.545. The highest BCUT2D eigenvalue weighted by Gasteiger charge is 2.44. The lowest BCUT2D eigenvalue weighted by Crippen LogP contribution is -2.33. The number of aromatic nitrogens is 4. The third-order valence-corrected chi connectivity index (χ3v) is 3.45. The summed E-state index contributed by atoms with van der Waals surface area (Å²) in [6, 6.07) is 0. The third-order valence-electron chi connectivity index (χ3n) is 3.45. The number of aliphatic hydroxyl groups excluding tert-OH is 3. The molecule has 1 aliphatic rings. The van der Waals surface area contributed by atoms with Gasteiger partial charge in [-0.3, -0.25) is 0 Å². The van der Waals surface area contributed by atoms with Gasteiger partial charge in [0, 0.05) is 0 Å². The van der Waals surface area contributed by atoms with Crippen LogP contribution >= 0.6 is 0 Å². The lowest BCUT2D eigenvalue weighted by molar-refractivity contribution is -0.0567. The first-order valence-electron chi connectivity index (χ1n) is 6.12. The smallest absolute Gasteiger partial charge is 0.181 e. The van der Waals surface area contributed by atoms with Crippen LogP contribution in [0.3, 0.4) is 0 Å². The van der Waals surface area contributed by atoms with Gasteiger partial charge in [-0.2, -0.15) is 5.10 Å². The zero-order valence-corrected chi connectivity index (χ0v) is 10.7. The van der Waals surface area contributed by atoms with E-state index < -0.39 is 31.1 Å². The Morgan fingerprint density at radius 2 is 2.10 bits per heavy atom. The van der Waals surface area contributed by atoms with E-state index in [-0.39, 0.29) is 5.82 Å². The number of aryl methyl sites for hydroxylation is 1. The van der Waals surface area contributed by atoms with Crippen LogP contribution in [-0.4, -0.2) is 60.0 Å². The molecule has 0 radical (unpaired) electrons. The number of rotatable bonds is 2. The molecule has 9 nitrogen and oxygen atoms in total. The van der Waals surface area contributed by atoms with Crippen LogP contribution in [0.4, 0.5) is 5.82 Å². The first-order valence-corrected chi connectivity index (χ1v) is 6.12. The van der Waals surface area contributed by atoms with Gasteiger partial charge in [0.2, 0.25) is 0 Å². The number of ether oxygens (including phenoxy) is 1. The van der Waals surface area contributed by atoms with Gasteiger partial charge in [0.1, 0.15) is 30.5 Å². The molecule has 0 amide bonds. The van der Waals surface area contributed by atoms with E-state index in [1.54, 1.807) is 6.92 Å². The molecule has 0 spiro atoms. The van der Waals surface area contributed by atoms with Gasteiger partial charge < -0.3 is 25.8 Å². The van der Waals surface area contributed by atoms with Crippen LogP contribution in [0.5, 0.6) is 0 Å². The number of nitrogen functional groups attached to an aromatic ring is 1. The minimum atomic E-state index is -1.22. The standard InChI is InChI=1S/C11H15N5O4/c1-4-6-9(12)13-3-14-10(6)16(15-4)11-8(19)7(18)5(2-17)20-11/h3,5,7-8,11,17-19H,2H2,1H3,(H2,12,13,14)/t5-,7?,8-,11-/m1/s1. The molecule has 2 aromatic heterocycles. The number of nitrogens with two attached hydrogens (primary N) is 1. The van der Waals surface area contributed by atoms with Crippen LogP contribution in [0.1, 0.15) is 11.9 Å². The van der Waals surface area contributed by atoms with Crippen molar-refractivity contribution in [2.45, 2.75) is 31.5 Å². The van der Waals surface area contributed by atoms with Gasteiger partial charge >= 0.3 is 0 Å². The molecular formula is C11H15N5O4. The van der Waals surface area contributed by atoms with Crippen molar-refractivity contribution < 1.29 is 20.1 Å². The summed E-state index contributed by atoms with van der Waals surface area (Å²) in [5.74, 6) is 0.283. The summed E-state index contributed by atoms with van der Waals surface area (Å²) in [7, 11) is 0. The van der Waals surface area contributed by atoms with Gasteiger partial charge in [0.15, 0.2) is 11.9 Å². The molecule has 0 bridgehead atoms. The summed E-state index contributed by atoms with van der Waals surface area (Å²) >= 11 is 0. The van der Waals surface area contributed by atoms with Gasteiger partial charge in [-0.1, -0.05) is 0 Å². The number of hydrogen-bond acceptors (Lipinski definition) is 8. The van der Waals surface area contributed by atoms with Crippen molar-refractivity contribution in [3.63, 3.8) is 0 Å². The highest BCUT2D eigenvalue weighted by Crippen LogP contribution is 2.32. The van der Waals surface area contributed by atoms with Crippen molar-refractivity contribution in [2.75, 3.05) is 12.3 Å². The molecule has 3 heterocycles. The summed E-state index contributed by atoms with van der Waals surface area (Å²) in [6.45, 7) is 1.34. The van der Waals surface area contributed by atoms with Crippen molar-refractivity contribution in [3.05, 3.63) is 12.0 Å². The maximum atomic E-state index is 10.0. The highest BCUT2D eigenvalue weighted by atomic mass is 16.6. The Balaban J connectivity index is 2.10. The van der Waals surface area contributed by atoms with Crippen LogP contribution in [-0.2, 0) is 4.74 Å². The van der Waals surface area contributed by atoms with Crippen molar-refractivity contribution in [3.8, 4) is 0 Å². The fourth-order valence-corrected chi connectivity index (χ4v) is 2.43. The van der Waals surface area contributed by atoms with Gasteiger partial charge in [-0.05, 0) is 6.92 Å². The van der Waals surface area contributed by atoms with E-state index in [1.165, 1.54) is 11.0 Å². The second-order valence-electron chi connectivity index (χ2n) is 4.72. The first-order chi connectivity index (χ1) is 9.54. The zero-order chi connectivity index (χ0) is 14.4. The Hall–Kier alpha value is -1.81. The molecule has 3 rings (SSSR count). The SMILES string of the molecule is Cc1nn([C@@H]2O[C@H](CO)C(O)[C@H]2O)c2ncnc(N)c12. The molecule has 1 aliphatic heterocycles. The predicted molar refractivity (Wildman–Crippen MR) is 67.5 cm³/mol. The van der Waals surface area contributed by atoms with E-state index in [0.29, 0.717) is 16.7 Å². The molecule has 1 saturated heterocycles. The minimum Gasteiger partial charge on any atom is -0.394 e. The molecule has 20 heavy (non-hydrogen) atoms. The van der Waals surface area contributed by atoms with Crippen molar-refractivity contribution >= 4 is 16.9 Å². The summed E-state index contributed by atoms with van der Waals surface area (Å²) < 4.78 is 6.79. The quantitative estimate of drug-likeness (QED) is 0.512. The Morgan fingerprint density at radius 3 is 2.75 bits per heavy atom. The van der Waals surface area contributed by atoms with E-state index in [4.69, 9.17) is 15.6 Å². The molecular weight excluding hydrogens is 266 g/mol. The number of aliphatic hydroxyl groups is 3. The summed E-state index contributed by atoms with van der Waals surface area (Å²) in [5.41, 5.74) is 6.79. The largest absolute Gasteiger partial charge is 0.394 e. The van der Waals surface area contributed by atoms with Crippen LogP contribution in [0, 0.1) is 6.92 Å². The highest BCUT2D eigenvalue weighted by molar-refractivity contribution is 5.87. The lowest BCUT2D eigenvalue weighted by Gasteiger charge is -2.15. The van der Waals surface area contributed by atoms with Crippen LogP contribution in [0.25, 0.3) is 11.0 Å². The molecule has 1 fully saturated rings. The van der Waals surface area contributed by atoms with Gasteiger partial charge in [0.05, 0.1) is 17.7 Å². The number of nitrogens with zero attached hydrogens (tertiary/aromatic N) is 4. The van der Waals surface area contributed by atoms with Crippen LogP contribution in [0.2, 0.25) is 0 Å². The molecule has 1 unspecified atom stereocenters. The van der Waals surface area contributed by atoms with Gasteiger partial charge in [-0.15, -0.1) is 0 Å². The maximum Gasteiger partial charge on any atom is 0.181 e. The van der Waals surface area contributed by atoms with Gasteiger partial charge in [-0.25, -0.2) is 14.6 Å². The number of fused-ring (bicyclic) bond motifs is 1. The fourth-order valence-electron chi connectivity index (χ4n) is 2.43. The van der Waals surface area contributed by atoms with Crippen molar-refractivity contribution in [1.29, 1.82) is 0 Å². The second kappa shape index (κ2) is 4.63. The lowest BCUT2D eigenvalue weighted by atomic mass is 10.1. The topological polar surface area (TPSA) is 140 Å². The monoisotopic (exact) mass is 281 g/mol. The van der Waals surface area contributed by atoms with E-state index in [2.05, 4.69) is 15.1 Å². The molecule has 5 N–H and O–H groups in total. The Morgan fingerprint density at radius 1 is 1.35 bits per heavy atom. The molecule has 2 aromatic rings. The van der Waals surface area contributed by atoms with Crippen LogP contribution in [0.15, 0.2) is 6.33 Å². The van der Waals surface area contributed by atoms with Crippen LogP contribution < -0.4 is 5.73 Å². The van der Waals surface area contributed by atoms with E-state index in [1.807, 2.05) is 0 Å². The second-order valence-corrected chi connectivity index (χ2v) is 4.72. The third kappa shape index (κ3) is 1.75. The first kappa shape index (κ1) is 13.2. The molecule has 0 aliphatic carbocycles. The summed E-state index contributed by atoms with van der Waals surface area (Å²) in [5, 5.41) is 33.7. The Kier molecular flexibility index (Phi) is 3.05. The molecule has 108 valence electrons. The Bertz CT molecular complexity index is 645. The average molecular weight is 281 g/mol. The average Bonchev–Trinajstić information content (AvgIpc) is 2.90. The maximum absolute atomic E-state index is 10.0. The molecule has 4 atom stereocenters. The molecule has 0 aromatic carbocycles. The summed E-state index contributed by atoms with van der Waals surface area (Å²) in [4.78, 5) is 7.99. The normalized spacial score (nSPS) is 30.2. The van der Waals surface area contributed by atoms with Crippen molar-refractivity contribution in [2.24, 2.45) is 0 Å².